The first-order chi connectivity index (χ1) is 7.38. The first-order valence-electron chi connectivity index (χ1n) is 5.18. The number of aryl methyl sites for hydroxylation is 1. The Bertz CT molecular complexity index is 406. The van der Waals surface area contributed by atoms with Crippen molar-refractivity contribution in [3.63, 3.8) is 0 Å². The number of benzene rings is 1. The molecule has 0 amide bonds. The molecule has 0 fully saturated rings. The standard InChI is InChI=1S/C12H15N3/c1-2-15-10-12(9-14-15)13-8-11-6-4-3-5-7-11/h3-7,9-10,13H,2,8H2,1H3. The third-order valence-electron chi connectivity index (χ3n) is 2.30. The molecule has 2 aromatic rings. The number of aromatic nitrogens is 2. The van der Waals surface area contributed by atoms with Crippen LogP contribution in [-0.4, -0.2) is 9.78 Å². The predicted molar refractivity (Wildman–Crippen MR) is 61.7 cm³/mol. The van der Waals surface area contributed by atoms with Crippen molar-refractivity contribution in [1.82, 2.24) is 9.78 Å². The average Bonchev–Trinajstić information content (AvgIpc) is 2.76. The van der Waals surface area contributed by atoms with Gasteiger partial charge < -0.3 is 5.32 Å². The molecule has 0 aliphatic rings. The van der Waals surface area contributed by atoms with Crippen LogP contribution in [0.4, 0.5) is 5.69 Å². The Labute approximate surface area is 89.7 Å². The van der Waals surface area contributed by atoms with E-state index in [1.165, 1.54) is 5.56 Å². The van der Waals surface area contributed by atoms with Gasteiger partial charge in [0.05, 0.1) is 11.9 Å². The van der Waals surface area contributed by atoms with Crippen LogP contribution >= 0.6 is 0 Å². The highest BCUT2D eigenvalue weighted by atomic mass is 15.3. The van der Waals surface area contributed by atoms with Crippen LogP contribution in [0.2, 0.25) is 0 Å². The minimum atomic E-state index is 0.843. The maximum atomic E-state index is 4.20. The van der Waals surface area contributed by atoms with Crippen molar-refractivity contribution in [3.8, 4) is 0 Å². The molecule has 78 valence electrons. The van der Waals surface area contributed by atoms with E-state index < -0.39 is 0 Å². The second-order valence-electron chi connectivity index (χ2n) is 3.42. The summed E-state index contributed by atoms with van der Waals surface area (Å²) in [5.74, 6) is 0. The van der Waals surface area contributed by atoms with Crippen LogP contribution in [0, 0.1) is 0 Å². The molecular formula is C12H15N3. The van der Waals surface area contributed by atoms with E-state index in [4.69, 9.17) is 0 Å². The zero-order valence-corrected chi connectivity index (χ0v) is 8.85. The third-order valence-corrected chi connectivity index (χ3v) is 2.30. The number of nitrogens with one attached hydrogen (secondary N) is 1. The van der Waals surface area contributed by atoms with Gasteiger partial charge in [-0.1, -0.05) is 30.3 Å². The van der Waals surface area contributed by atoms with Gasteiger partial charge in [-0.25, -0.2) is 0 Å². The van der Waals surface area contributed by atoms with Gasteiger partial charge in [0.15, 0.2) is 0 Å². The van der Waals surface area contributed by atoms with Crippen LogP contribution < -0.4 is 5.32 Å². The van der Waals surface area contributed by atoms with E-state index in [0.29, 0.717) is 0 Å². The molecule has 0 saturated carbocycles. The summed E-state index contributed by atoms with van der Waals surface area (Å²) < 4.78 is 1.91. The Hall–Kier alpha value is -1.77. The lowest BCUT2D eigenvalue weighted by atomic mass is 10.2. The van der Waals surface area contributed by atoms with Crippen molar-refractivity contribution in [2.24, 2.45) is 0 Å². The van der Waals surface area contributed by atoms with Gasteiger partial charge in [0, 0.05) is 19.3 Å². The van der Waals surface area contributed by atoms with Crippen LogP contribution in [0.15, 0.2) is 42.7 Å². The molecule has 0 atom stereocenters. The van der Waals surface area contributed by atoms with Gasteiger partial charge in [-0.05, 0) is 12.5 Å². The molecule has 2 rings (SSSR count). The zero-order valence-electron chi connectivity index (χ0n) is 8.85. The molecule has 3 heteroatoms. The van der Waals surface area contributed by atoms with Crippen molar-refractivity contribution in [2.45, 2.75) is 20.0 Å². The first-order valence-corrected chi connectivity index (χ1v) is 5.18. The van der Waals surface area contributed by atoms with Crippen molar-refractivity contribution in [2.75, 3.05) is 5.32 Å². The number of anilines is 1. The first kappa shape index (κ1) is 9.77. The van der Waals surface area contributed by atoms with Gasteiger partial charge in [-0.15, -0.1) is 0 Å². The van der Waals surface area contributed by atoms with Crippen LogP contribution in [0.25, 0.3) is 0 Å². The maximum absolute atomic E-state index is 4.20. The monoisotopic (exact) mass is 201 g/mol. The molecule has 0 unspecified atom stereocenters. The molecule has 0 radical (unpaired) electrons. The zero-order chi connectivity index (χ0) is 10.5. The summed E-state index contributed by atoms with van der Waals surface area (Å²) in [6, 6.07) is 10.3. The number of hydrogen-bond donors (Lipinski definition) is 1. The van der Waals surface area contributed by atoms with Gasteiger partial charge in [0.1, 0.15) is 0 Å². The summed E-state index contributed by atoms with van der Waals surface area (Å²) in [4.78, 5) is 0. The van der Waals surface area contributed by atoms with E-state index >= 15 is 0 Å². The van der Waals surface area contributed by atoms with Crippen LogP contribution in [0.1, 0.15) is 12.5 Å². The third kappa shape index (κ3) is 2.59. The molecule has 1 N–H and O–H groups in total. The van der Waals surface area contributed by atoms with Crippen molar-refractivity contribution >= 4 is 5.69 Å². The summed E-state index contributed by atoms with van der Waals surface area (Å²) in [7, 11) is 0. The number of nitrogens with zero attached hydrogens (tertiary/aromatic N) is 2. The predicted octanol–water partition coefficient (Wildman–Crippen LogP) is 2.52. The molecular weight excluding hydrogens is 186 g/mol. The van der Waals surface area contributed by atoms with E-state index in [1.54, 1.807) is 0 Å². The van der Waals surface area contributed by atoms with Gasteiger partial charge in [-0.2, -0.15) is 5.10 Å². The average molecular weight is 201 g/mol. The molecule has 0 aliphatic heterocycles. The van der Waals surface area contributed by atoms with Gasteiger partial charge in [0.2, 0.25) is 0 Å². The fraction of sp³-hybridized carbons (Fsp3) is 0.250. The van der Waals surface area contributed by atoms with Crippen LogP contribution in [-0.2, 0) is 13.1 Å². The van der Waals surface area contributed by atoms with Crippen molar-refractivity contribution in [3.05, 3.63) is 48.3 Å². The highest BCUT2D eigenvalue weighted by molar-refractivity contribution is 5.39. The summed E-state index contributed by atoms with van der Waals surface area (Å²) in [5, 5.41) is 7.53. The van der Waals surface area contributed by atoms with Gasteiger partial charge in [-0.3, -0.25) is 4.68 Å². The van der Waals surface area contributed by atoms with E-state index in [2.05, 4.69) is 29.5 Å². The molecule has 0 aliphatic carbocycles. The SMILES string of the molecule is CCn1cc(NCc2ccccc2)cn1. The molecule has 3 nitrogen and oxygen atoms in total. The molecule has 1 aromatic carbocycles. The Morgan fingerprint density at radius 3 is 2.73 bits per heavy atom. The molecule has 0 spiro atoms. The highest BCUT2D eigenvalue weighted by Gasteiger charge is 1.96. The summed E-state index contributed by atoms with van der Waals surface area (Å²) in [6.45, 7) is 3.83. The summed E-state index contributed by atoms with van der Waals surface area (Å²) in [5.41, 5.74) is 2.35. The molecule has 0 saturated heterocycles. The largest absolute Gasteiger partial charge is 0.378 e. The fourth-order valence-electron chi connectivity index (χ4n) is 1.43. The smallest absolute Gasteiger partial charge is 0.0729 e. The fourth-order valence-corrected chi connectivity index (χ4v) is 1.43. The summed E-state index contributed by atoms with van der Waals surface area (Å²) >= 11 is 0. The molecule has 1 aromatic heterocycles. The minimum absolute atomic E-state index is 0.843. The second-order valence-corrected chi connectivity index (χ2v) is 3.42. The Balaban J connectivity index is 1.93. The molecule has 0 bridgehead atoms. The Morgan fingerprint density at radius 2 is 2.07 bits per heavy atom. The lowest BCUT2D eigenvalue weighted by Gasteiger charge is -2.02. The highest BCUT2D eigenvalue weighted by Crippen LogP contribution is 2.07. The normalized spacial score (nSPS) is 10.2. The van der Waals surface area contributed by atoms with Crippen LogP contribution in [0.5, 0.6) is 0 Å². The van der Waals surface area contributed by atoms with E-state index in [1.807, 2.05) is 35.3 Å². The van der Waals surface area contributed by atoms with E-state index in [9.17, 15) is 0 Å². The number of rotatable bonds is 4. The van der Waals surface area contributed by atoms with E-state index in [0.717, 1.165) is 18.8 Å². The van der Waals surface area contributed by atoms with Gasteiger partial charge in [0.25, 0.3) is 0 Å². The summed E-state index contributed by atoms with van der Waals surface area (Å²) in [6.07, 6.45) is 3.87. The molecule has 15 heavy (non-hydrogen) atoms. The number of hydrogen-bond acceptors (Lipinski definition) is 2. The molecule has 1 heterocycles. The minimum Gasteiger partial charge on any atom is -0.378 e. The van der Waals surface area contributed by atoms with E-state index in [-0.39, 0.29) is 0 Å². The second kappa shape index (κ2) is 4.64. The quantitative estimate of drug-likeness (QED) is 0.823. The Morgan fingerprint density at radius 1 is 1.27 bits per heavy atom. The van der Waals surface area contributed by atoms with Crippen LogP contribution in [0.3, 0.4) is 0 Å². The topological polar surface area (TPSA) is 29.9 Å². The Kier molecular flexibility index (Phi) is 3.02. The lowest BCUT2D eigenvalue weighted by Crippen LogP contribution is -1.98. The lowest BCUT2D eigenvalue weighted by molar-refractivity contribution is 0.660. The van der Waals surface area contributed by atoms with Crippen molar-refractivity contribution < 1.29 is 0 Å². The van der Waals surface area contributed by atoms with Crippen molar-refractivity contribution in [1.29, 1.82) is 0 Å². The van der Waals surface area contributed by atoms with Gasteiger partial charge >= 0.3 is 0 Å². The maximum Gasteiger partial charge on any atom is 0.0729 e.